The molecule has 0 aliphatic rings. The fraction of sp³-hybridized carbons (Fsp3) is 0. The van der Waals surface area contributed by atoms with Gasteiger partial charge in [0.2, 0.25) is 0 Å². The quantitative estimate of drug-likeness (QED) is 0.529. The van der Waals surface area contributed by atoms with Crippen molar-refractivity contribution in [2.45, 2.75) is 0 Å². The summed E-state index contributed by atoms with van der Waals surface area (Å²) in [5.41, 5.74) is 1.20. The van der Waals surface area contributed by atoms with E-state index in [1.807, 2.05) is 60.7 Å². The lowest BCUT2D eigenvalue weighted by molar-refractivity contribution is 0.483. The van der Waals surface area contributed by atoms with Gasteiger partial charge < -0.3 is 4.74 Å². The average molecular weight is 288 g/mol. The highest BCUT2D eigenvalue weighted by Crippen LogP contribution is 2.23. The molecule has 2 aromatic heterocycles. The second-order valence-corrected chi connectivity index (χ2v) is 4.94. The predicted molar refractivity (Wildman–Crippen MR) is 85.5 cm³/mol. The zero-order chi connectivity index (χ0) is 14.9. The molecule has 0 aliphatic heterocycles. The summed E-state index contributed by atoms with van der Waals surface area (Å²) in [6.07, 6.45) is 1.72. The summed E-state index contributed by atoms with van der Waals surface area (Å²) in [6, 6.07) is 20.3. The summed E-state index contributed by atoms with van der Waals surface area (Å²) in [5, 5.41) is 0.539. The monoisotopic (exact) mass is 288 g/mol. The van der Waals surface area contributed by atoms with Crippen LogP contribution < -0.4 is 10.3 Å². The van der Waals surface area contributed by atoms with Gasteiger partial charge in [-0.05, 0) is 42.5 Å². The van der Waals surface area contributed by atoms with Crippen LogP contribution in [0.25, 0.3) is 16.6 Å². The predicted octanol–water partition coefficient (Wildman–Crippen LogP) is 3.64. The molecule has 0 radical (unpaired) electrons. The molecule has 0 saturated heterocycles. The first-order valence-corrected chi connectivity index (χ1v) is 6.95. The van der Waals surface area contributed by atoms with Crippen LogP contribution in [0.4, 0.5) is 0 Å². The molecule has 0 fully saturated rings. The van der Waals surface area contributed by atoms with Crippen molar-refractivity contribution in [1.29, 1.82) is 0 Å². The van der Waals surface area contributed by atoms with Gasteiger partial charge in [0.05, 0.1) is 10.9 Å². The highest BCUT2D eigenvalue weighted by Gasteiger charge is 2.07. The van der Waals surface area contributed by atoms with E-state index in [2.05, 4.69) is 4.98 Å². The standard InChI is InChI=1S/C18H12N2O2/c21-18-15-12-14(22-13-6-2-1-3-7-13)9-10-16(15)19-17-8-4-5-11-20(17)18/h1-12H. The van der Waals surface area contributed by atoms with Crippen LogP contribution in [0.2, 0.25) is 0 Å². The van der Waals surface area contributed by atoms with Gasteiger partial charge in [-0.15, -0.1) is 0 Å². The van der Waals surface area contributed by atoms with Crippen molar-refractivity contribution in [3.8, 4) is 11.5 Å². The molecule has 0 unspecified atom stereocenters. The van der Waals surface area contributed by atoms with Gasteiger partial charge in [-0.3, -0.25) is 9.20 Å². The number of rotatable bonds is 2. The van der Waals surface area contributed by atoms with Crippen LogP contribution in [0.3, 0.4) is 0 Å². The number of para-hydroxylation sites is 1. The molecule has 0 spiro atoms. The maximum absolute atomic E-state index is 12.6. The molecule has 0 amide bonds. The fourth-order valence-corrected chi connectivity index (χ4v) is 2.42. The van der Waals surface area contributed by atoms with Crippen LogP contribution in [0.1, 0.15) is 0 Å². The molecule has 4 nitrogen and oxygen atoms in total. The summed E-state index contributed by atoms with van der Waals surface area (Å²) >= 11 is 0. The van der Waals surface area contributed by atoms with E-state index in [1.54, 1.807) is 12.3 Å². The first-order chi connectivity index (χ1) is 10.8. The first-order valence-electron chi connectivity index (χ1n) is 6.95. The molecule has 0 saturated carbocycles. The number of hydrogen-bond acceptors (Lipinski definition) is 3. The molecule has 2 aromatic carbocycles. The number of fused-ring (bicyclic) bond motifs is 2. The molecule has 0 aliphatic carbocycles. The number of ether oxygens (including phenoxy) is 1. The Kier molecular flexibility index (Phi) is 2.86. The van der Waals surface area contributed by atoms with E-state index >= 15 is 0 Å². The third kappa shape index (κ3) is 2.11. The number of nitrogens with zero attached hydrogens (tertiary/aromatic N) is 2. The Morgan fingerprint density at radius 3 is 2.55 bits per heavy atom. The van der Waals surface area contributed by atoms with Crippen molar-refractivity contribution in [3.63, 3.8) is 0 Å². The number of aromatic nitrogens is 2. The van der Waals surface area contributed by atoms with Crippen molar-refractivity contribution in [1.82, 2.24) is 9.38 Å². The van der Waals surface area contributed by atoms with Gasteiger partial charge in [0.15, 0.2) is 0 Å². The third-order valence-corrected chi connectivity index (χ3v) is 3.47. The minimum Gasteiger partial charge on any atom is -0.457 e. The Morgan fingerprint density at radius 2 is 1.68 bits per heavy atom. The van der Waals surface area contributed by atoms with Crippen LogP contribution in [0.15, 0.2) is 77.7 Å². The molecule has 4 aromatic rings. The zero-order valence-electron chi connectivity index (χ0n) is 11.6. The Morgan fingerprint density at radius 1 is 0.864 bits per heavy atom. The molecule has 22 heavy (non-hydrogen) atoms. The molecular weight excluding hydrogens is 276 g/mol. The van der Waals surface area contributed by atoms with Gasteiger partial charge in [-0.1, -0.05) is 24.3 Å². The van der Waals surface area contributed by atoms with Gasteiger partial charge in [-0.25, -0.2) is 4.98 Å². The number of hydrogen-bond donors (Lipinski definition) is 0. The highest BCUT2D eigenvalue weighted by atomic mass is 16.5. The molecule has 0 bridgehead atoms. The minimum atomic E-state index is -0.0980. The van der Waals surface area contributed by atoms with E-state index < -0.39 is 0 Å². The van der Waals surface area contributed by atoms with Crippen molar-refractivity contribution < 1.29 is 4.74 Å². The number of benzene rings is 2. The summed E-state index contributed by atoms with van der Waals surface area (Å²) in [5.74, 6) is 1.35. The molecule has 0 atom stereocenters. The van der Waals surface area contributed by atoms with Crippen molar-refractivity contribution in [3.05, 3.63) is 83.3 Å². The fourth-order valence-electron chi connectivity index (χ4n) is 2.42. The second kappa shape index (κ2) is 5.00. The molecule has 106 valence electrons. The Balaban J connectivity index is 1.88. The van der Waals surface area contributed by atoms with Crippen LogP contribution in [-0.2, 0) is 0 Å². The summed E-state index contributed by atoms with van der Waals surface area (Å²) in [7, 11) is 0. The maximum Gasteiger partial charge on any atom is 0.265 e. The Labute approximate surface area is 126 Å². The summed E-state index contributed by atoms with van der Waals surface area (Å²) < 4.78 is 7.31. The Hall–Kier alpha value is -3.14. The lowest BCUT2D eigenvalue weighted by Crippen LogP contribution is -2.14. The van der Waals surface area contributed by atoms with E-state index in [4.69, 9.17) is 4.74 Å². The minimum absolute atomic E-state index is 0.0980. The van der Waals surface area contributed by atoms with E-state index in [-0.39, 0.29) is 5.56 Å². The number of pyridine rings is 1. The summed E-state index contributed by atoms with van der Waals surface area (Å²) in [4.78, 5) is 17.1. The molecule has 2 heterocycles. The normalized spacial score (nSPS) is 10.9. The zero-order valence-corrected chi connectivity index (χ0v) is 11.6. The molecular formula is C18H12N2O2. The van der Waals surface area contributed by atoms with Crippen molar-refractivity contribution in [2.75, 3.05) is 0 Å². The molecule has 0 N–H and O–H groups in total. The Bertz CT molecular complexity index is 1020. The van der Waals surface area contributed by atoms with E-state index in [9.17, 15) is 4.79 Å². The van der Waals surface area contributed by atoms with Gasteiger partial charge in [0.1, 0.15) is 17.1 Å². The first kappa shape index (κ1) is 12.6. The van der Waals surface area contributed by atoms with Gasteiger partial charge >= 0.3 is 0 Å². The van der Waals surface area contributed by atoms with Gasteiger partial charge in [-0.2, -0.15) is 0 Å². The van der Waals surface area contributed by atoms with Crippen LogP contribution in [0.5, 0.6) is 11.5 Å². The second-order valence-electron chi connectivity index (χ2n) is 4.94. The van der Waals surface area contributed by atoms with E-state index in [1.165, 1.54) is 4.40 Å². The maximum atomic E-state index is 12.6. The smallest absolute Gasteiger partial charge is 0.265 e. The van der Waals surface area contributed by atoms with E-state index in [0.717, 1.165) is 5.75 Å². The molecule has 4 rings (SSSR count). The van der Waals surface area contributed by atoms with Crippen LogP contribution >= 0.6 is 0 Å². The lowest BCUT2D eigenvalue weighted by Gasteiger charge is -2.07. The SMILES string of the molecule is O=c1c2cc(Oc3ccccc3)ccc2nc2ccccn12. The largest absolute Gasteiger partial charge is 0.457 e. The van der Waals surface area contributed by atoms with Crippen LogP contribution in [-0.4, -0.2) is 9.38 Å². The lowest BCUT2D eigenvalue weighted by atomic mass is 10.2. The van der Waals surface area contributed by atoms with Crippen LogP contribution in [0, 0.1) is 0 Å². The van der Waals surface area contributed by atoms with E-state index in [0.29, 0.717) is 22.3 Å². The van der Waals surface area contributed by atoms with Gasteiger partial charge in [0.25, 0.3) is 5.56 Å². The topological polar surface area (TPSA) is 43.6 Å². The molecule has 4 heteroatoms. The third-order valence-electron chi connectivity index (χ3n) is 3.47. The summed E-state index contributed by atoms with van der Waals surface area (Å²) in [6.45, 7) is 0. The van der Waals surface area contributed by atoms with Crippen molar-refractivity contribution >= 4 is 16.6 Å². The van der Waals surface area contributed by atoms with Crippen molar-refractivity contribution in [2.24, 2.45) is 0 Å². The van der Waals surface area contributed by atoms with Gasteiger partial charge in [0, 0.05) is 6.20 Å². The highest BCUT2D eigenvalue weighted by molar-refractivity contribution is 5.81. The average Bonchev–Trinajstić information content (AvgIpc) is 2.57.